The summed E-state index contributed by atoms with van der Waals surface area (Å²) in [6.07, 6.45) is 0. The molecule has 0 aliphatic carbocycles. The molecule has 3 N–H and O–H groups in total. The topological polar surface area (TPSA) is 86.6 Å². The van der Waals surface area contributed by atoms with Gasteiger partial charge in [-0.25, -0.2) is 13.1 Å². The van der Waals surface area contributed by atoms with Crippen molar-refractivity contribution >= 4 is 10.0 Å². The third-order valence-electron chi connectivity index (χ3n) is 2.86. The van der Waals surface area contributed by atoms with Gasteiger partial charge in [0.2, 0.25) is 10.0 Å². The molecule has 5 nitrogen and oxygen atoms in total. The van der Waals surface area contributed by atoms with Crippen LogP contribution in [0.2, 0.25) is 0 Å². The van der Waals surface area contributed by atoms with E-state index in [4.69, 9.17) is 5.11 Å². The Morgan fingerprint density at radius 3 is 2.11 bits per heavy atom. The molecule has 19 heavy (non-hydrogen) atoms. The zero-order valence-corrected chi connectivity index (χ0v) is 12.5. The Hall–Kier alpha value is -0.950. The molecule has 1 aromatic carbocycles. The summed E-state index contributed by atoms with van der Waals surface area (Å²) in [5.41, 5.74) is 0.845. The molecule has 0 fully saturated rings. The maximum absolute atomic E-state index is 12.2. The van der Waals surface area contributed by atoms with Crippen LogP contribution in [0.4, 0.5) is 0 Å². The van der Waals surface area contributed by atoms with Crippen molar-refractivity contribution in [3.8, 4) is 0 Å². The minimum Gasteiger partial charge on any atom is -0.393 e. The molecule has 0 saturated heterocycles. The van der Waals surface area contributed by atoms with Crippen LogP contribution >= 0.6 is 0 Å². The van der Waals surface area contributed by atoms with Gasteiger partial charge in [-0.2, -0.15) is 0 Å². The number of aliphatic hydroxyl groups excluding tert-OH is 1. The van der Waals surface area contributed by atoms with Gasteiger partial charge in [-0.15, -0.1) is 0 Å². The average Bonchev–Trinajstić information content (AvgIpc) is 2.25. The number of rotatable bonds is 5. The summed E-state index contributed by atoms with van der Waals surface area (Å²) in [6, 6.07) is 3.59. The van der Waals surface area contributed by atoms with Gasteiger partial charge in [-0.3, -0.25) is 0 Å². The Balaban J connectivity index is 3.09. The minimum absolute atomic E-state index is 0.229. The molecule has 0 aliphatic heterocycles. The highest BCUT2D eigenvalue weighted by Crippen LogP contribution is 2.21. The highest BCUT2D eigenvalue weighted by Gasteiger charge is 2.25. The molecule has 0 spiro atoms. The SMILES string of the molecule is Cc1cc(C)c(S(=O)(=O)NCC(C)(O)CO)c(C)c1. The van der Waals surface area contributed by atoms with E-state index in [1.165, 1.54) is 6.92 Å². The first kappa shape index (κ1) is 16.1. The molecular formula is C13H21NO4S. The van der Waals surface area contributed by atoms with Crippen molar-refractivity contribution in [2.75, 3.05) is 13.2 Å². The molecule has 0 saturated carbocycles. The summed E-state index contributed by atoms with van der Waals surface area (Å²) >= 11 is 0. The molecule has 1 atom stereocenters. The van der Waals surface area contributed by atoms with Gasteiger partial charge in [0.05, 0.1) is 17.1 Å². The predicted molar refractivity (Wildman–Crippen MR) is 73.6 cm³/mol. The van der Waals surface area contributed by atoms with E-state index in [1.807, 2.05) is 6.92 Å². The van der Waals surface area contributed by atoms with E-state index in [1.54, 1.807) is 26.0 Å². The third-order valence-corrected chi connectivity index (χ3v) is 4.56. The predicted octanol–water partition coefficient (Wildman–Crippen LogP) is 0.633. The maximum Gasteiger partial charge on any atom is 0.241 e. The van der Waals surface area contributed by atoms with E-state index >= 15 is 0 Å². The largest absolute Gasteiger partial charge is 0.393 e. The van der Waals surface area contributed by atoms with Gasteiger partial charge in [0, 0.05) is 6.54 Å². The highest BCUT2D eigenvalue weighted by atomic mass is 32.2. The molecular weight excluding hydrogens is 266 g/mol. The molecule has 108 valence electrons. The lowest BCUT2D eigenvalue weighted by Gasteiger charge is -2.21. The fourth-order valence-electron chi connectivity index (χ4n) is 1.97. The summed E-state index contributed by atoms with van der Waals surface area (Å²) in [5.74, 6) is 0. The molecule has 0 amide bonds. The fraction of sp³-hybridized carbons (Fsp3) is 0.538. The lowest BCUT2D eigenvalue weighted by molar-refractivity contribution is 0.00681. The van der Waals surface area contributed by atoms with Gasteiger partial charge in [0.15, 0.2) is 0 Å². The highest BCUT2D eigenvalue weighted by molar-refractivity contribution is 7.89. The maximum atomic E-state index is 12.2. The van der Waals surface area contributed by atoms with E-state index < -0.39 is 22.2 Å². The van der Waals surface area contributed by atoms with E-state index in [0.29, 0.717) is 11.1 Å². The molecule has 0 radical (unpaired) electrons. The molecule has 1 rings (SSSR count). The van der Waals surface area contributed by atoms with Crippen LogP contribution in [0, 0.1) is 20.8 Å². The number of aryl methyl sites for hydroxylation is 3. The van der Waals surface area contributed by atoms with Gasteiger partial charge >= 0.3 is 0 Å². The summed E-state index contributed by atoms with van der Waals surface area (Å²) in [6.45, 7) is 5.99. The van der Waals surface area contributed by atoms with Crippen LogP contribution in [0.25, 0.3) is 0 Å². The van der Waals surface area contributed by atoms with Crippen LogP contribution in [0.3, 0.4) is 0 Å². The first-order chi connectivity index (χ1) is 8.59. The van der Waals surface area contributed by atoms with E-state index in [-0.39, 0.29) is 11.4 Å². The van der Waals surface area contributed by atoms with Gasteiger partial charge in [-0.1, -0.05) is 17.7 Å². The van der Waals surface area contributed by atoms with Crippen molar-refractivity contribution in [1.82, 2.24) is 4.72 Å². The smallest absolute Gasteiger partial charge is 0.241 e. The van der Waals surface area contributed by atoms with Crippen LogP contribution in [0.1, 0.15) is 23.6 Å². The van der Waals surface area contributed by atoms with Gasteiger partial charge in [-0.05, 0) is 38.8 Å². The van der Waals surface area contributed by atoms with E-state index in [9.17, 15) is 13.5 Å². The first-order valence-electron chi connectivity index (χ1n) is 6.00. The van der Waals surface area contributed by atoms with Gasteiger partial charge in [0.25, 0.3) is 0 Å². The van der Waals surface area contributed by atoms with Crippen LogP contribution < -0.4 is 4.72 Å². The zero-order valence-electron chi connectivity index (χ0n) is 11.7. The normalized spacial score (nSPS) is 15.3. The zero-order chi connectivity index (χ0) is 14.8. The second kappa shape index (κ2) is 5.58. The molecule has 0 aliphatic rings. The molecule has 1 unspecified atom stereocenters. The third kappa shape index (κ3) is 4.01. The Kier molecular flexibility index (Phi) is 4.73. The number of benzene rings is 1. The van der Waals surface area contributed by atoms with Crippen LogP contribution in [-0.2, 0) is 10.0 Å². The van der Waals surface area contributed by atoms with Crippen molar-refractivity contribution in [3.05, 3.63) is 28.8 Å². The second-order valence-electron chi connectivity index (χ2n) is 5.21. The average molecular weight is 287 g/mol. The Morgan fingerprint density at radius 1 is 1.21 bits per heavy atom. The summed E-state index contributed by atoms with van der Waals surface area (Å²) < 4.78 is 26.8. The van der Waals surface area contributed by atoms with Gasteiger partial charge < -0.3 is 10.2 Å². The van der Waals surface area contributed by atoms with Crippen molar-refractivity contribution in [2.24, 2.45) is 0 Å². The van der Waals surface area contributed by atoms with Crippen LogP contribution in [0.5, 0.6) is 0 Å². The first-order valence-corrected chi connectivity index (χ1v) is 7.48. The second-order valence-corrected chi connectivity index (χ2v) is 6.91. The Morgan fingerprint density at radius 2 is 1.68 bits per heavy atom. The number of nitrogens with one attached hydrogen (secondary N) is 1. The summed E-state index contributed by atoms with van der Waals surface area (Å²) in [5, 5.41) is 18.6. The van der Waals surface area contributed by atoms with E-state index in [2.05, 4.69) is 4.72 Å². The fourth-order valence-corrected chi connectivity index (χ4v) is 3.58. The van der Waals surface area contributed by atoms with E-state index in [0.717, 1.165) is 5.56 Å². The lowest BCUT2D eigenvalue weighted by atomic mass is 10.1. The summed E-state index contributed by atoms with van der Waals surface area (Å²) in [4.78, 5) is 0.229. The lowest BCUT2D eigenvalue weighted by Crippen LogP contribution is -2.43. The molecule has 0 bridgehead atoms. The Labute approximate surface area is 114 Å². The number of sulfonamides is 1. The number of aliphatic hydroxyl groups is 2. The van der Waals surface area contributed by atoms with Crippen LogP contribution in [-0.4, -0.2) is 37.4 Å². The molecule has 0 aromatic heterocycles. The quantitative estimate of drug-likeness (QED) is 0.741. The standard InChI is InChI=1S/C13H21NO4S/c1-9-5-10(2)12(11(3)6-9)19(17,18)14-7-13(4,16)8-15/h5-6,14-16H,7-8H2,1-4H3. The van der Waals surface area contributed by atoms with Gasteiger partial charge in [0.1, 0.15) is 0 Å². The minimum atomic E-state index is -3.70. The summed E-state index contributed by atoms with van der Waals surface area (Å²) in [7, 11) is -3.70. The molecule has 6 heteroatoms. The van der Waals surface area contributed by atoms with Crippen molar-refractivity contribution in [3.63, 3.8) is 0 Å². The molecule has 1 aromatic rings. The monoisotopic (exact) mass is 287 g/mol. The number of hydrogen-bond donors (Lipinski definition) is 3. The van der Waals surface area contributed by atoms with Crippen molar-refractivity contribution < 1.29 is 18.6 Å². The van der Waals surface area contributed by atoms with Crippen LogP contribution in [0.15, 0.2) is 17.0 Å². The number of hydrogen-bond acceptors (Lipinski definition) is 4. The Bertz CT molecular complexity index is 541. The van der Waals surface area contributed by atoms with Crippen molar-refractivity contribution in [1.29, 1.82) is 0 Å². The van der Waals surface area contributed by atoms with Crippen molar-refractivity contribution in [2.45, 2.75) is 38.2 Å². The molecule has 0 heterocycles.